The zero-order chi connectivity index (χ0) is 14.4. The Labute approximate surface area is 121 Å². The number of amides is 2. The molecule has 0 fully saturated rings. The lowest BCUT2D eigenvalue weighted by Crippen LogP contribution is -2.38. The van der Waals surface area contributed by atoms with E-state index in [1.807, 2.05) is 6.92 Å². The lowest BCUT2D eigenvalue weighted by atomic mass is 10.2. The van der Waals surface area contributed by atoms with Crippen LogP contribution in [0.5, 0.6) is 0 Å². The van der Waals surface area contributed by atoms with E-state index in [0.29, 0.717) is 17.8 Å². The summed E-state index contributed by atoms with van der Waals surface area (Å²) in [6, 6.07) is 4.98. The third kappa shape index (κ3) is 4.55. The Morgan fingerprint density at radius 3 is 2.68 bits per heavy atom. The van der Waals surface area contributed by atoms with Gasteiger partial charge in [0, 0.05) is 29.3 Å². The maximum atomic E-state index is 12.1. The first-order valence-electron chi connectivity index (χ1n) is 6.03. The summed E-state index contributed by atoms with van der Waals surface area (Å²) in [5, 5.41) is 2.73. The molecule has 0 heterocycles. The summed E-state index contributed by atoms with van der Waals surface area (Å²) >= 11 is 3.27. The van der Waals surface area contributed by atoms with Crippen molar-refractivity contribution in [2.24, 2.45) is 0 Å². The van der Waals surface area contributed by atoms with Gasteiger partial charge < -0.3 is 16.0 Å². The van der Waals surface area contributed by atoms with Gasteiger partial charge in [-0.25, -0.2) is 0 Å². The molecular formula is C13H18BrN3O2. The number of nitrogens with two attached hydrogens (primary N) is 1. The third-order valence-corrected chi connectivity index (χ3v) is 3.26. The van der Waals surface area contributed by atoms with Crippen LogP contribution in [0.25, 0.3) is 0 Å². The van der Waals surface area contributed by atoms with Crippen molar-refractivity contribution < 1.29 is 9.59 Å². The highest BCUT2D eigenvalue weighted by atomic mass is 79.9. The summed E-state index contributed by atoms with van der Waals surface area (Å²) in [6.45, 7) is 2.63. The summed E-state index contributed by atoms with van der Waals surface area (Å²) in [4.78, 5) is 25.0. The van der Waals surface area contributed by atoms with Gasteiger partial charge in [0.15, 0.2) is 0 Å². The lowest BCUT2D eigenvalue weighted by molar-refractivity contribution is -0.121. The molecule has 104 valence electrons. The highest BCUT2D eigenvalue weighted by Gasteiger charge is 2.15. The number of nitrogens with one attached hydrogen (secondary N) is 1. The number of likely N-dealkylation sites (N-methyl/N-ethyl adjacent to an activating group) is 1. The van der Waals surface area contributed by atoms with Crippen LogP contribution in [0.2, 0.25) is 0 Å². The summed E-state index contributed by atoms with van der Waals surface area (Å²) in [5.41, 5.74) is 6.69. The van der Waals surface area contributed by atoms with Crippen molar-refractivity contribution in [3.8, 4) is 0 Å². The second-order valence-corrected chi connectivity index (χ2v) is 5.10. The molecule has 0 saturated heterocycles. The SMILES string of the molecule is CCCNC(=O)CN(C)C(=O)c1ccc(Br)c(N)c1. The summed E-state index contributed by atoms with van der Waals surface area (Å²) in [6.07, 6.45) is 0.868. The van der Waals surface area contributed by atoms with E-state index in [1.54, 1.807) is 25.2 Å². The van der Waals surface area contributed by atoms with Crippen molar-refractivity contribution in [3.63, 3.8) is 0 Å². The van der Waals surface area contributed by atoms with Gasteiger partial charge in [0.05, 0.1) is 6.54 Å². The first-order valence-corrected chi connectivity index (χ1v) is 6.82. The Hall–Kier alpha value is -1.56. The molecule has 2 amide bonds. The highest BCUT2D eigenvalue weighted by Crippen LogP contribution is 2.20. The number of nitrogens with zero attached hydrogens (tertiary/aromatic N) is 1. The number of hydrogen-bond donors (Lipinski definition) is 2. The maximum absolute atomic E-state index is 12.1. The molecule has 0 saturated carbocycles. The van der Waals surface area contributed by atoms with Crippen LogP contribution in [-0.4, -0.2) is 36.9 Å². The summed E-state index contributed by atoms with van der Waals surface area (Å²) < 4.78 is 0.743. The maximum Gasteiger partial charge on any atom is 0.254 e. The van der Waals surface area contributed by atoms with E-state index in [-0.39, 0.29) is 18.4 Å². The molecule has 1 rings (SSSR count). The molecule has 0 aliphatic carbocycles. The number of rotatable bonds is 5. The number of hydrogen-bond acceptors (Lipinski definition) is 3. The number of halogens is 1. The number of carbonyl (C=O) groups is 2. The van der Waals surface area contributed by atoms with Gasteiger partial charge in [-0.3, -0.25) is 9.59 Å². The Bertz CT molecular complexity index is 477. The first-order chi connectivity index (χ1) is 8.95. The largest absolute Gasteiger partial charge is 0.398 e. The van der Waals surface area contributed by atoms with E-state index < -0.39 is 0 Å². The molecule has 6 heteroatoms. The fourth-order valence-electron chi connectivity index (χ4n) is 1.50. The summed E-state index contributed by atoms with van der Waals surface area (Å²) in [7, 11) is 1.59. The van der Waals surface area contributed by atoms with Crippen molar-refractivity contribution in [1.29, 1.82) is 0 Å². The normalized spacial score (nSPS) is 10.1. The molecule has 0 radical (unpaired) electrons. The van der Waals surface area contributed by atoms with Crippen molar-refractivity contribution >= 4 is 33.4 Å². The van der Waals surface area contributed by atoms with Gasteiger partial charge in [-0.05, 0) is 40.5 Å². The van der Waals surface area contributed by atoms with E-state index in [9.17, 15) is 9.59 Å². The first kappa shape index (κ1) is 15.5. The van der Waals surface area contributed by atoms with Crippen molar-refractivity contribution in [2.45, 2.75) is 13.3 Å². The van der Waals surface area contributed by atoms with Crippen LogP contribution in [0, 0.1) is 0 Å². The zero-order valence-electron chi connectivity index (χ0n) is 11.1. The molecule has 0 unspecified atom stereocenters. The van der Waals surface area contributed by atoms with Crippen LogP contribution in [0.4, 0.5) is 5.69 Å². The second-order valence-electron chi connectivity index (χ2n) is 4.25. The number of anilines is 1. The minimum atomic E-state index is -0.231. The van der Waals surface area contributed by atoms with Crippen LogP contribution >= 0.6 is 15.9 Å². The highest BCUT2D eigenvalue weighted by molar-refractivity contribution is 9.10. The molecule has 1 aromatic carbocycles. The lowest BCUT2D eigenvalue weighted by Gasteiger charge is -2.17. The van der Waals surface area contributed by atoms with E-state index in [0.717, 1.165) is 10.9 Å². The molecule has 0 aliphatic rings. The average molecular weight is 328 g/mol. The molecule has 0 aromatic heterocycles. The predicted octanol–water partition coefficient (Wildman–Crippen LogP) is 1.63. The Kier molecular flexibility index (Phi) is 5.82. The Morgan fingerprint density at radius 1 is 1.42 bits per heavy atom. The monoisotopic (exact) mass is 327 g/mol. The average Bonchev–Trinajstić information content (AvgIpc) is 2.38. The smallest absolute Gasteiger partial charge is 0.254 e. The van der Waals surface area contributed by atoms with Crippen LogP contribution < -0.4 is 11.1 Å². The molecule has 0 atom stereocenters. The molecule has 19 heavy (non-hydrogen) atoms. The quantitative estimate of drug-likeness (QED) is 0.807. The van der Waals surface area contributed by atoms with Gasteiger partial charge in [-0.15, -0.1) is 0 Å². The molecule has 5 nitrogen and oxygen atoms in total. The fourth-order valence-corrected chi connectivity index (χ4v) is 1.75. The molecule has 3 N–H and O–H groups in total. The molecule has 1 aromatic rings. The van der Waals surface area contributed by atoms with E-state index >= 15 is 0 Å². The molecular weight excluding hydrogens is 310 g/mol. The molecule has 0 aliphatic heterocycles. The van der Waals surface area contributed by atoms with Gasteiger partial charge >= 0.3 is 0 Å². The Morgan fingerprint density at radius 2 is 2.11 bits per heavy atom. The topological polar surface area (TPSA) is 75.4 Å². The number of carbonyl (C=O) groups excluding carboxylic acids is 2. The van der Waals surface area contributed by atoms with Gasteiger partial charge in [0.2, 0.25) is 5.91 Å². The predicted molar refractivity (Wildman–Crippen MR) is 78.8 cm³/mol. The van der Waals surface area contributed by atoms with E-state index in [4.69, 9.17) is 5.73 Å². The van der Waals surface area contributed by atoms with Gasteiger partial charge in [0.1, 0.15) is 0 Å². The van der Waals surface area contributed by atoms with E-state index in [2.05, 4.69) is 21.2 Å². The van der Waals surface area contributed by atoms with E-state index in [1.165, 1.54) is 4.90 Å². The fraction of sp³-hybridized carbons (Fsp3) is 0.385. The van der Waals surface area contributed by atoms with Crippen molar-refractivity contribution in [3.05, 3.63) is 28.2 Å². The van der Waals surface area contributed by atoms with Gasteiger partial charge in [-0.1, -0.05) is 6.92 Å². The van der Waals surface area contributed by atoms with Gasteiger partial charge in [0.25, 0.3) is 5.91 Å². The van der Waals surface area contributed by atoms with Crippen LogP contribution in [0.3, 0.4) is 0 Å². The summed E-state index contributed by atoms with van der Waals surface area (Å²) in [5.74, 6) is -0.395. The minimum absolute atomic E-state index is 0.0365. The molecule has 0 spiro atoms. The van der Waals surface area contributed by atoms with Gasteiger partial charge in [-0.2, -0.15) is 0 Å². The third-order valence-electron chi connectivity index (χ3n) is 2.54. The number of benzene rings is 1. The minimum Gasteiger partial charge on any atom is -0.398 e. The Balaban J connectivity index is 2.66. The standard InChI is InChI=1S/C13H18BrN3O2/c1-3-6-16-12(18)8-17(2)13(19)9-4-5-10(14)11(15)7-9/h4-5,7H,3,6,8,15H2,1-2H3,(H,16,18). The van der Waals surface area contributed by atoms with Crippen LogP contribution in [0.15, 0.2) is 22.7 Å². The van der Waals surface area contributed by atoms with Crippen LogP contribution in [0.1, 0.15) is 23.7 Å². The molecule has 0 bridgehead atoms. The number of nitrogen functional groups attached to an aromatic ring is 1. The van der Waals surface area contributed by atoms with Crippen molar-refractivity contribution in [2.75, 3.05) is 25.9 Å². The van der Waals surface area contributed by atoms with Crippen molar-refractivity contribution in [1.82, 2.24) is 10.2 Å². The zero-order valence-corrected chi connectivity index (χ0v) is 12.7. The second kappa shape index (κ2) is 7.13. The van der Waals surface area contributed by atoms with Crippen LogP contribution in [-0.2, 0) is 4.79 Å².